The van der Waals surface area contributed by atoms with Crippen molar-refractivity contribution in [3.63, 3.8) is 0 Å². The number of para-hydroxylation sites is 1. The third kappa shape index (κ3) is 3.77. The molecule has 0 fully saturated rings. The molecule has 0 atom stereocenters. The standard InChI is InChI=1S/C22H19N3O2S/c1-14-7-5-8-15(2)20(14)23-19(26)13-28-22-25-24-21(27-22)18-12-6-10-16-9-3-4-11-17(16)18/h3-12H,13H2,1-2H3,(H,23,26). The van der Waals surface area contributed by atoms with Crippen LogP contribution in [0.5, 0.6) is 0 Å². The molecule has 1 aromatic heterocycles. The van der Waals surface area contributed by atoms with Crippen LogP contribution in [0.25, 0.3) is 22.2 Å². The van der Waals surface area contributed by atoms with Gasteiger partial charge in [0.15, 0.2) is 0 Å². The number of nitrogens with one attached hydrogen (secondary N) is 1. The largest absolute Gasteiger partial charge is 0.411 e. The predicted molar refractivity (Wildman–Crippen MR) is 113 cm³/mol. The van der Waals surface area contributed by atoms with Gasteiger partial charge >= 0.3 is 0 Å². The van der Waals surface area contributed by atoms with Crippen molar-refractivity contribution in [1.82, 2.24) is 10.2 Å². The maximum absolute atomic E-state index is 12.3. The lowest BCUT2D eigenvalue weighted by molar-refractivity contribution is -0.113. The number of carbonyl (C=O) groups is 1. The fourth-order valence-electron chi connectivity index (χ4n) is 3.10. The molecule has 1 heterocycles. The average Bonchev–Trinajstić information content (AvgIpc) is 3.18. The highest BCUT2D eigenvalue weighted by Crippen LogP contribution is 2.29. The number of aromatic nitrogens is 2. The molecule has 0 aliphatic heterocycles. The lowest BCUT2D eigenvalue weighted by atomic mass is 10.0. The van der Waals surface area contributed by atoms with Crippen LogP contribution in [-0.4, -0.2) is 21.9 Å². The number of nitrogens with zero attached hydrogens (tertiary/aromatic N) is 2. The van der Waals surface area contributed by atoms with Gasteiger partial charge in [-0.3, -0.25) is 4.79 Å². The van der Waals surface area contributed by atoms with Crippen LogP contribution in [0.2, 0.25) is 0 Å². The first-order valence-electron chi connectivity index (χ1n) is 8.92. The number of hydrogen-bond donors (Lipinski definition) is 1. The second-order valence-electron chi connectivity index (χ2n) is 6.50. The van der Waals surface area contributed by atoms with Crippen molar-refractivity contribution in [2.24, 2.45) is 0 Å². The summed E-state index contributed by atoms with van der Waals surface area (Å²) in [5.41, 5.74) is 3.82. The number of aryl methyl sites for hydroxylation is 2. The molecule has 4 aromatic rings. The van der Waals surface area contributed by atoms with Crippen LogP contribution < -0.4 is 5.32 Å². The zero-order valence-electron chi connectivity index (χ0n) is 15.6. The number of fused-ring (bicyclic) bond motifs is 1. The summed E-state index contributed by atoms with van der Waals surface area (Å²) in [6.07, 6.45) is 0. The van der Waals surface area contributed by atoms with Gasteiger partial charge in [-0.1, -0.05) is 66.4 Å². The molecule has 28 heavy (non-hydrogen) atoms. The lowest BCUT2D eigenvalue weighted by Crippen LogP contribution is -2.15. The van der Waals surface area contributed by atoms with E-state index in [9.17, 15) is 4.79 Å². The van der Waals surface area contributed by atoms with Gasteiger partial charge in [-0.15, -0.1) is 10.2 Å². The van der Waals surface area contributed by atoms with Gasteiger partial charge < -0.3 is 9.73 Å². The summed E-state index contributed by atoms with van der Waals surface area (Å²) in [7, 11) is 0. The molecule has 0 saturated heterocycles. The van der Waals surface area contributed by atoms with Crippen molar-refractivity contribution >= 4 is 34.1 Å². The molecule has 0 radical (unpaired) electrons. The summed E-state index contributed by atoms with van der Waals surface area (Å²) in [4.78, 5) is 12.3. The zero-order valence-corrected chi connectivity index (χ0v) is 16.4. The Morgan fingerprint density at radius 2 is 1.68 bits per heavy atom. The molecular weight excluding hydrogens is 370 g/mol. The molecular formula is C22H19N3O2S. The van der Waals surface area contributed by atoms with E-state index < -0.39 is 0 Å². The molecule has 1 N–H and O–H groups in total. The van der Waals surface area contributed by atoms with E-state index in [1.807, 2.05) is 74.5 Å². The first kappa shape index (κ1) is 18.3. The summed E-state index contributed by atoms with van der Waals surface area (Å²) < 4.78 is 5.79. The third-order valence-corrected chi connectivity index (χ3v) is 5.32. The highest BCUT2D eigenvalue weighted by molar-refractivity contribution is 7.99. The van der Waals surface area contributed by atoms with E-state index in [-0.39, 0.29) is 11.7 Å². The normalized spacial score (nSPS) is 10.9. The van der Waals surface area contributed by atoms with Crippen LogP contribution in [0, 0.1) is 13.8 Å². The molecule has 0 aliphatic carbocycles. The van der Waals surface area contributed by atoms with Crippen LogP contribution in [-0.2, 0) is 4.79 Å². The fourth-order valence-corrected chi connectivity index (χ4v) is 3.67. The molecule has 1 amide bonds. The maximum atomic E-state index is 12.3. The molecule has 0 saturated carbocycles. The minimum absolute atomic E-state index is 0.104. The van der Waals surface area contributed by atoms with Gasteiger partial charge in [0.2, 0.25) is 11.8 Å². The van der Waals surface area contributed by atoms with Crippen molar-refractivity contribution in [3.05, 3.63) is 71.8 Å². The molecule has 5 nitrogen and oxygen atoms in total. The smallest absolute Gasteiger partial charge is 0.277 e. The van der Waals surface area contributed by atoms with E-state index in [0.29, 0.717) is 11.1 Å². The molecule has 4 rings (SSSR count). The Morgan fingerprint density at radius 3 is 2.50 bits per heavy atom. The SMILES string of the molecule is Cc1cccc(C)c1NC(=O)CSc1nnc(-c2cccc3ccccc23)o1. The van der Waals surface area contributed by atoms with Gasteiger partial charge in [-0.05, 0) is 41.8 Å². The van der Waals surface area contributed by atoms with Gasteiger partial charge in [0.05, 0.1) is 5.75 Å². The zero-order chi connectivity index (χ0) is 19.5. The first-order valence-corrected chi connectivity index (χ1v) is 9.91. The summed E-state index contributed by atoms with van der Waals surface area (Å²) >= 11 is 1.23. The van der Waals surface area contributed by atoms with E-state index in [2.05, 4.69) is 15.5 Å². The average molecular weight is 389 g/mol. The van der Waals surface area contributed by atoms with Crippen molar-refractivity contribution in [1.29, 1.82) is 0 Å². The molecule has 6 heteroatoms. The Kier molecular flexibility index (Phi) is 5.12. The highest BCUT2D eigenvalue weighted by atomic mass is 32.2. The van der Waals surface area contributed by atoms with Crippen LogP contribution in [0.1, 0.15) is 11.1 Å². The van der Waals surface area contributed by atoms with E-state index in [0.717, 1.165) is 33.2 Å². The van der Waals surface area contributed by atoms with Crippen LogP contribution in [0.15, 0.2) is 70.3 Å². The van der Waals surface area contributed by atoms with E-state index in [1.54, 1.807) is 0 Å². The van der Waals surface area contributed by atoms with Crippen molar-refractivity contribution in [3.8, 4) is 11.5 Å². The highest BCUT2D eigenvalue weighted by Gasteiger charge is 2.14. The molecule has 3 aromatic carbocycles. The van der Waals surface area contributed by atoms with Gasteiger partial charge in [0.25, 0.3) is 5.22 Å². The summed E-state index contributed by atoms with van der Waals surface area (Å²) in [5.74, 6) is 0.548. The maximum Gasteiger partial charge on any atom is 0.277 e. The number of anilines is 1. The lowest BCUT2D eigenvalue weighted by Gasteiger charge is -2.10. The summed E-state index contributed by atoms with van der Waals surface area (Å²) in [6, 6.07) is 19.9. The monoisotopic (exact) mass is 389 g/mol. The number of carbonyl (C=O) groups excluding carboxylic acids is 1. The molecule has 0 aliphatic rings. The topological polar surface area (TPSA) is 68.0 Å². The van der Waals surface area contributed by atoms with Crippen molar-refractivity contribution in [2.45, 2.75) is 19.1 Å². The Labute approximate surface area is 167 Å². The van der Waals surface area contributed by atoms with Gasteiger partial charge in [0.1, 0.15) is 0 Å². The van der Waals surface area contributed by atoms with Crippen molar-refractivity contribution < 1.29 is 9.21 Å². The number of benzene rings is 3. The third-order valence-electron chi connectivity index (χ3n) is 4.50. The summed E-state index contributed by atoms with van der Waals surface area (Å²) in [5, 5.41) is 13.7. The second kappa shape index (κ2) is 7.86. The van der Waals surface area contributed by atoms with Crippen molar-refractivity contribution in [2.75, 3.05) is 11.1 Å². The summed E-state index contributed by atoms with van der Waals surface area (Å²) in [6.45, 7) is 3.95. The Bertz CT molecular complexity index is 1130. The predicted octanol–water partition coefficient (Wildman–Crippen LogP) is 5.24. The minimum Gasteiger partial charge on any atom is -0.411 e. The van der Waals surface area contributed by atoms with Gasteiger partial charge in [-0.25, -0.2) is 0 Å². The quantitative estimate of drug-likeness (QED) is 0.473. The minimum atomic E-state index is -0.104. The molecule has 0 unspecified atom stereocenters. The molecule has 0 spiro atoms. The van der Waals surface area contributed by atoms with Gasteiger partial charge in [-0.2, -0.15) is 0 Å². The first-order chi connectivity index (χ1) is 13.6. The number of rotatable bonds is 5. The van der Waals surface area contributed by atoms with E-state index in [4.69, 9.17) is 4.42 Å². The number of hydrogen-bond acceptors (Lipinski definition) is 5. The Morgan fingerprint density at radius 1 is 0.964 bits per heavy atom. The Hall–Kier alpha value is -3.12. The van der Waals surface area contributed by atoms with Crippen LogP contribution in [0.4, 0.5) is 5.69 Å². The van der Waals surface area contributed by atoms with Gasteiger partial charge in [0, 0.05) is 11.3 Å². The van der Waals surface area contributed by atoms with Crippen LogP contribution >= 0.6 is 11.8 Å². The van der Waals surface area contributed by atoms with Crippen LogP contribution in [0.3, 0.4) is 0 Å². The number of amides is 1. The molecule has 140 valence electrons. The Balaban J connectivity index is 1.46. The van der Waals surface area contributed by atoms with E-state index in [1.165, 1.54) is 11.8 Å². The van der Waals surface area contributed by atoms with E-state index >= 15 is 0 Å². The second-order valence-corrected chi connectivity index (χ2v) is 7.43. The molecule has 0 bridgehead atoms. The number of thioether (sulfide) groups is 1. The fraction of sp³-hybridized carbons (Fsp3) is 0.136.